The van der Waals surface area contributed by atoms with Gasteiger partial charge in [-0.3, -0.25) is 4.79 Å². The molecule has 0 radical (unpaired) electrons. The van der Waals surface area contributed by atoms with Gasteiger partial charge in [0, 0.05) is 5.56 Å². The number of phenolic OH excluding ortho intramolecular Hbond substituents is 1. The maximum atomic E-state index is 13.0. The molecule has 4 heteroatoms. The molecular weight excluding hydrogens is 197 g/mol. The van der Waals surface area contributed by atoms with E-state index in [0.29, 0.717) is 18.4 Å². The van der Waals surface area contributed by atoms with E-state index >= 15 is 0 Å². The normalized spacial score (nSPS) is 9.20. The zero-order valence-corrected chi connectivity index (χ0v) is 8.17. The molecule has 0 atom stereocenters. The van der Waals surface area contributed by atoms with Crippen molar-refractivity contribution in [2.45, 2.75) is 0 Å². The smallest absolute Gasteiger partial charge is 0.166 e. The molecule has 0 spiro atoms. The first-order valence-corrected chi connectivity index (χ1v) is 4.30. The maximum absolute atomic E-state index is 13.0. The zero-order chi connectivity index (χ0) is 11.3. The molecule has 0 saturated carbocycles. The fourth-order valence-electron chi connectivity index (χ4n) is 1.02. The third-order valence-corrected chi connectivity index (χ3v) is 1.72. The summed E-state index contributed by atoms with van der Waals surface area (Å²) in [6.45, 7) is 0.471. The quantitative estimate of drug-likeness (QED) is 0.560. The van der Waals surface area contributed by atoms with Crippen LogP contribution in [0.5, 0.6) is 5.75 Å². The van der Waals surface area contributed by atoms with Gasteiger partial charge in [0.1, 0.15) is 0 Å². The van der Waals surface area contributed by atoms with Gasteiger partial charge >= 0.3 is 0 Å². The summed E-state index contributed by atoms with van der Waals surface area (Å²) in [6.07, 6.45) is 0.391. The maximum Gasteiger partial charge on any atom is 0.166 e. The van der Waals surface area contributed by atoms with Gasteiger partial charge in [0.15, 0.2) is 17.9 Å². The number of phenols is 1. The van der Waals surface area contributed by atoms with Gasteiger partial charge in [-0.25, -0.2) is 4.39 Å². The molecule has 1 rings (SSSR count). The first-order valence-electron chi connectivity index (χ1n) is 4.30. The summed E-state index contributed by atoms with van der Waals surface area (Å²) in [6, 6.07) is 2.43. The van der Waals surface area contributed by atoms with E-state index in [-0.39, 0.29) is 5.56 Å². The number of benzene rings is 1. The number of carbonyl (C=O) groups excluding carboxylic acids is 1. The van der Waals surface area contributed by atoms with Crippen LogP contribution >= 0.6 is 0 Å². The second-order valence-corrected chi connectivity index (χ2v) is 2.85. The van der Waals surface area contributed by atoms with Crippen molar-refractivity contribution in [3.63, 3.8) is 0 Å². The first kappa shape index (κ1) is 11.2. The fraction of sp³-hybridized carbons (Fsp3) is 0.182. The summed E-state index contributed by atoms with van der Waals surface area (Å²) in [5.41, 5.74) is 0.270. The number of halogens is 1. The second-order valence-electron chi connectivity index (χ2n) is 2.85. The van der Waals surface area contributed by atoms with Crippen molar-refractivity contribution in [2.24, 2.45) is 0 Å². The van der Waals surface area contributed by atoms with E-state index in [0.717, 1.165) is 6.07 Å². The van der Waals surface area contributed by atoms with Crippen LogP contribution in [-0.2, 0) is 0 Å². The van der Waals surface area contributed by atoms with Crippen LogP contribution in [0.3, 0.4) is 0 Å². The minimum Gasteiger partial charge on any atom is -0.504 e. The van der Waals surface area contributed by atoms with Gasteiger partial charge in [-0.05, 0) is 19.2 Å². The van der Waals surface area contributed by atoms with Gasteiger partial charge in [-0.1, -0.05) is 11.8 Å². The highest BCUT2D eigenvalue weighted by Crippen LogP contribution is 2.20. The molecule has 0 aliphatic rings. The number of nitrogens with one attached hydrogen (secondary N) is 1. The Hall–Kier alpha value is -1.86. The number of carbonyl (C=O) groups is 1. The van der Waals surface area contributed by atoms with Gasteiger partial charge in [0.05, 0.1) is 12.1 Å². The Morgan fingerprint density at radius 3 is 2.93 bits per heavy atom. The van der Waals surface area contributed by atoms with Gasteiger partial charge in [-0.2, -0.15) is 0 Å². The van der Waals surface area contributed by atoms with E-state index in [1.807, 2.05) is 0 Å². The lowest BCUT2D eigenvalue weighted by atomic mass is 10.1. The van der Waals surface area contributed by atoms with Crippen LogP contribution in [0.15, 0.2) is 12.1 Å². The van der Waals surface area contributed by atoms with Crippen molar-refractivity contribution in [2.75, 3.05) is 13.6 Å². The summed E-state index contributed by atoms with van der Waals surface area (Å²) >= 11 is 0. The number of hydrogen-bond donors (Lipinski definition) is 2. The number of rotatable bonds is 2. The minimum atomic E-state index is -0.839. The van der Waals surface area contributed by atoms with Crippen molar-refractivity contribution in [1.82, 2.24) is 5.32 Å². The molecular formula is C11H10FNO2. The molecule has 15 heavy (non-hydrogen) atoms. The Morgan fingerprint density at radius 1 is 1.60 bits per heavy atom. The predicted octanol–water partition coefficient (Wildman–Crippen LogP) is 0.915. The lowest BCUT2D eigenvalue weighted by molar-refractivity contribution is 0.112. The molecule has 0 aromatic heterocycles. The SMILES string of the molecule is CNCC#Cc1cc(F)c(O)c(C=O)c1. The molecule has 1 aromatic carbocycles. The molecule has 2 N–H and O–H groups in total. The van der Waals surface area contributed by atoms with E-state index in [1.165, 1.54) is 6.07 Å². The van der Waals surface area contributed by atoms with Gasteiger partial charge in [0.25, 0.3) is 0 Å². The van der Waals surface area contributed by atoms with Gasteiger partial charge < -0.3 is 10.4 Å². The predicted molar refractivity (Wildman–Crippen MR) is 54.3 cm³/mol. The van der Waals surface area contributed by atoms with Gasteiger partial charge in [-0.15, -0.1) is 0 Å². The van der Waals surface area contributed by atoms with Crippen LogP contribution in [0.1, 0.15) is 15.9 Å². The summed E-state index contributed by atoms with van der Waals surface area (Å²) < 4.78 is 13.0. The van der Waals surface area contributed by atoms with E-state index in [4.69, 9.17) is 5.11 Å². The zero-order valence-electron chi connectivity index (χ0n) is 8.17. The topological polar surface area (TPSA) is 49.3 Å². The molecule has 1 aromatic rings. The molecule has 0 aliphatic carbocycles. The van der Waals surface area contributed by atoms with E-state index in [1.54, 1.807) is 7.05 Å². The Morgan fingerprint density at radius 2 is 2.33 bits per heavy atom. The molecule has 0 saturated heterocycles. The highest BCUT2D eigenvalue weighted by molar-refractivity contribution is 5.80. The van der Waals surface area contributed by atoms with E-state index in [2.05, 4.69) is 17.2 Å². The highest BCUT2D eigenvalue weighted by atomic mass is 19.1. The molecule has 78 valence electrons. The van der Waals surface area contributed by atoms with Gasteiger partial charge in [0.2, 0.25) is 0 Å². The van der Waals surface area contributed by atoms with Crippen molar-refractivity contribution >= 4 is 6.29 Å². The largest absolute Gasteiger partial charge is 0.504 e. The van der Waals surface area contributed by atoms with Crippen LogP contribution in [0.2, 0.25) is 0 Å². The third-order valence-electron chi connectivity index (χ3n) is 1.72. The molecule has 0 aliphatic heterocycles. The minimum absolute atomic E-state index is 0.0937. The fourth-order valence-corrected chi connectivity index (χ4v) is 1.02. The van der Waals surface area contributed by atoms with Crippen molar-refractivity contribution in [3.05, 3.63) is 29.1 Å². The molecule has 0 unspecified atom stereocenters. The Balaban J connectivity index is 3.07. The van der Waals surface area contributed by atoms with E-state index < -0.39 is 11.6 Å². The van der Waals surface area contributed by atoms with Crippen LogP contribution < -0.4 is 5.32 Å². The Kier molecular flexibility index (Phi) is 3.83. The summed E-state index contributed by atoms with van der Waals surface area (Å²) in [7, 11) is 1.74. The number of aldehydes is 1. The molecule has 0 bridgehead atoms. The summed E-state index contributed by atoms with van der Waals surface area (Å²) in [5, 5.41) is 11.9. The van der Waals surface area contributed by atoms with Crippen LogP contribution in [0, 0.1) is 17.7 Å². The van der Waals surface area contributed by atoms with Crippen molar-refractivity contribution < 1.29 is 14.3 Å². The molecule has 0 heterocycles. The van der Waals surface area contributed by atoms with Crippen molar-refractivity contribution in [1.29, 1.82) is 0 Å². The van der Waals surface area contributed by atoms with Crippen molar-refractivity contribution in [3.8, 4) is 17.6 Å². The first-order chi connectivity index (χ1) is 7.19. The number of hydrogen-bond acceptors (Lipinski definition) is 3. The highest BCUT2D eigenvalue weighted by Gasteiger charge is 2.07. The molecule has 3 nitrogen and oxygen atoms in total. The average Bonchev–Trinajstić information content (AvgIpc) is 2.23. The average molecular weight is 207 g/mol. The summed E-state index contributed by atoms with van der Waals surface area (Å²) in [4.78, 5) is 10.5. The van der Waals surface area contributed by atoms with Crippen LogP contribution in [0.25, 0.3) is 0 Å². The number of aromatic hydroxyl groups is 1. The lowest BCUT2D eigenvalue weighted by Crippen LogP contribution is -2.04. The lowest BCUT2D eigenvalue weighted by Gasteiger charge is -1.99. The molecule has 0 fully saturated rings. The van der Waals surface area contributed by atoms with Crippen LogP contribution in [0.4, 0.5) is 4.39 Å². The monoisotopic (exact) mass is 207 g/mol. The third kappa shape index (κ3) is 2.79. The standard InChI is InChI=1S/C11H10FNO2/c1-13-4-2-3-8-5-9(7-14)11(15)10(12)6-8/h5-7,13,15H,4H2,1H3. The van der Waals surface area contributed by atoms with Crippen LogP contribution in [-0.4, -0.2) is 25.0 Å². The van der Waals surface area contributed by atoms with E-state index in [9.17, 15) is 9.18 Å². The Bertz CT molecular complexity index is 432. The molecule has 0 amide bonds. The summed E-state index contributed by atoms with van der Waals surface area (Å²) in [5.74, 6) is 3.92. The second kappa shape index (κ2) is 5.13. The Labute approximate surface area is 86.9 Å².